The van der Waals surface area contributed by atoms with E-state index in [0.717, 1.165) is 12.8 Å². The van der Waals surface area contributed by atoms with E-state index in [1.807, 2.05) is 20.8 Å². The van der Waals surface area contributed by atoms with Gasteiger partial charge in [0.2, 0.25) is 11.8 Å². The summed E-state index contributed by atoms with van der Waals surface area (Å²) < 4.78 is 10.9. The number of rotatable bonds is 4. The summed E-state index contributed by atoms with van der Waals surface area (Å²) in [7, 11) is 0. The molecule has 1 aliphatic rings. The first-order chi connectivity index (χ1) is 11.2. The van der Waals surface area contributed by atoms with Gasteiger partial charge in [-0.1, -0.05) is 6.92 Å². The Kier molecular flexibility index (Phi) is 5.85. The summed E-state index contributed by atoms with van der Waals surface area (Å²) in [5, 5.41) is 10.9. The number of nitrogens with one attached hydrogen (secondary N) is 1. The van der Waals surface area contributed by atoms with E-state index in [-0.39, 0.29) is 12.1 Å². The fourth-order valence-corrected chi connectivity index (χ4v) is 3.09. The fourth-order valence-electron chi connectivity index (χ4n) is 3.09. The molecule has 1 fully saturated rings. The molecule has 7 nitrogen and oxygen atoms in total. The van der Waals surface area contributed by atoms with E-state index in [2.05, 4.69) is 34.3 Å². The van der Waals surface area contributed by atoms with Crippen LogP contribution in [0.25, 0.3) is 0 Å². The predicted molar refractivity (Wildman–Crippen MR) is 90.5 cm³/mol. The number of hydrogen-bond acceptors (Lipinski definition) is 6. The van der Waals surface area contributed by atoms with Crippen LogP contribution in [-0.2, 0) is 11.3 Å². The highest BCUT2D eigenvalue weighted by Crippen LogP contribution is 2.29. The fraction of sp³-hybridized carbons (Fsp3) is 0.824. The van der Waals surface area contributed by atoms with Gasteiger partial charge in [-0.25, -0.2) is 4.79 Å². The molecule has 3 atom stereocenters. The second-order valence-electron chi connectivity index (χ2n) is 7.72. The van der Waals surface area contributed by atoms with Crippen LogP contribution in [0.15, 0.2) is 4.42 Å². The number of aromatic nitrogens is 2. The second kappa shape index (κ2) is 7.51. The lowest BCUT2D eigenvalue weighted by molar-refractivity contribution is 0.0304. The molecule has 0 saturated carbocycles. The number of carbonyl (C=O) groups is 1. The summed E-state index contributed by atoms with van der Waals surface area (Å²) in [5.74, 6) is 1.79. The normalized spacial score (nSPS) is 25.5. The van der Waals surface area contributed by atoms with Crippen LogP contribution in [-0.4, -0.2) is 45.4 Å². The number of alkyl carbamates (subject to hydrolysis) is 1. The average molecular weight is 338 g/mol. The largest absolute Gasteiger partial charge is 0.444 e. The van der Waals surface area contributed by atoms with E-state index < -0.39 is 5.60 Å². The van der Waals surface area contributed by atoms with Gasteiger partial charge in [0.05, 0.1) is 6.54 Å². The number of aryl methyl sites for hydroxylation is 1. The summed E-state index contributed by atoms with van der Waals surface area (Å²) in [6.07, 6.45) is 1.79. The first-order valence-electron chi connectivity index (χ1n) is 8.67. The molecule has 1 aromatic rings. The van der Waals surface area contributed by atoms with Crippen molar-refractivity contribution in [3.63, 3.8) is 0 Å². The Morgan fingerprint density at radius 1 is 1.33 bits per heavy atom. The van der Waals surface area contributed by atoms with E-state index in [4.69, 9.17) is 9.15 Å². The Morgan fingerprint density at radius 3 is 2.62 bits per heavy atom. The summed E-state index contributed by atoms with van der Waals surface area (Å²) in [6.45, 7) is 13.0. The lowest BCUT2D eigenvalue weighted by atomic mass is 9.87. The molecule has 136 valence electrons. The Morgan fingerprint density at radius 2 is 2.04 bits per heavy atom. The number of piperidine rings is 1. The maximum Gasteiger partial charge on any atom is 0.407 e. The first-order valence-corrected chi connectivity index (χ1v) is 8.67. The minimum absolute atomic E-state index is 0.232. The number of carbonyl (C=O) groups excluding carboxylic acids is 1. The van der Waals surface area contributed by atoms with Crippen molar-refractivity contribution in [1.29, 1.82) is 0 Å². The van der Waals surface area contributed by atoms with Gasteiger partial charge in [0.1, 0.15) is 5.60 Å². The molecule has 24 heavy (non-hydrogen) atoms. The zero-order valence-electron chi connectivity index (χ0n) is 15.6. The van der Waals surface area contributed by atoms with Crippen LogP contribution in [0.3, 0.4) is 0 Å². The molecule has 0 bridgehead atoms. The third kappa shape index (κ3) is 5.19. The molecule has 1 saturated heterocycles. The quantitative estimate of drug-likeness (QED) is 0.909. The third-order valence-electron chi connectivity index (χ3n) is 4.54. The SMILES string of the molecule is Cc1nnc(CN2C(CNC(=O)OC(C)(C)C)CCC(C)C2C)o1. The molecule has 2 rings (SSSR count). The van der Waals surface area contributed by atoms with Gasteiger partial charge in [-0.05, 0) is 46.5 Å². The predicted octanol–water partition coefficient (Wildman–Crippen LogP) is 2.89. The van der Waals surface area contributed by atoms with Crippen molar-refractivity contribution >= 4 is 6.09 Å². The van der Waals surface area contributed by atoms with Crippen LogP contribution < -0.4 is 5.32 Å². The molecule has 7 heteroatoms. The molecule has 0 spiro atoms. The number of nitrogens with zero attached hydrogens (tertiary/aromatic N) is 3. The summed E-state index contributed by atoms with van der Waals surface area (Å²) in [4.78, 5) is 14.3. The van der Waals surface area contributed by atoms with Crippen LogP contribution in [0.4, 0.5) is 4.79 Å². The van der Waals surface area contributed by atoms with E-state index in [1.165, 1.54) is 0 Å². The number of hydrogen-bond donors (Lipinski definition) is 1. The van der Waals surface area contributed by atoms with Crippen LogP contribution in [0.2, 0.25) is 0 Å². The van der Waals surface area contributed by atoms with Gasteiger partial charge >= 0.3 is 6.09 Å². The zero-order chi connectivity index (χ0) is 17.9. The number of amides is 1. The van der Waals surface area contributed by atoms with Gasteiger partial charge in [0, 0.05) is 25.6 Å². The molecular formula is C17H30N4O3. The average Bonchev–Trinajstić information content (AvgIpc) is 2.86. The van der Waals surface area contributed by atoms with Gasteiger partial charge in [-0.3, -0.25) is 4.90 Å². The van der Waals surface area contributed by atoms with Crippen molar-refractivity contribution in [2.24, 2.45) is 5.92 Å². The van der Waals surface area contributed by atoms with Gasteiger partial charge in [-0.15, -0.1) is 10.2 Å². The molecule has 2 heterocycles. The molecular weight excluding hydrogens is 308 g/mol. The van der Waals surface area contributed by atoms with E-state index in [1.54, 1.807) is 6.92 Å². The van der Waals surface area contributed by atoms with Gasteiger partial charge in [0.15, 0.2) is 0 Å². The lowest BCUT2D eigenvalue weighted by Crippen LogP contribution is -2.53. The van der Waals surface area contributed by atoms with Crippen LogP contribution in [0, 0.1) is 12.8 Å². The molecule has 1 aliphatic heterocycles. The first kappa shape index (κ1) is 18.7. The Bertz CT molecular complexity index is 552. The van der Waals surface area contributed by atoms with Gasteiger partial charge in [0.25, 0.3) is 0 Å². The highest BCUT2D eigenvalue weighted by Gasteiger charge is 2.33. The van der Waals surface area contributed by atoms with Crippen molar-refractivity contribution in [3.8, 4) is 0 Å². The van der Waals surface area contributed by atoms with E-state index >= 15 is 0 Å². The number of likely N-dealkylation sites (tertiary alicyclic amines) is 1. The Balaban J connectivity index is 1.98. The standard InChI is InChI=1S/C17H30N4O3/c1-11-7-8-14(9-18-16(22)24-17(4,5)6)21(12(11)2)10-15-20-19-13(3)23-15/h11-12,14H,7-10H2,1-6H3,(H,18,22). The summed E-state index contributed by atoms with van der Waals surface area (Å²) in [5.41, 5.74) is -0.487. The lowest BCUT2D eigenvalue weighted by Gasteiger charge is -2.43. The van der Waals surface area contributed by atoms with E-state index in [9.17, 15) is 4.79 Å². The zero-order valence-corrected chi connectivity index (χ0v) is 15.6. The molecule has 0 aromatic carbocycles. The molecule has 1 amide bonds. The maximum atomic E-state index is 11.9. The molecule has 3 unspecified atom stereocenters. The Hall–Kier alpha value is -1.63. The third-order valence-corrected chi connectivity index (χ3v) is 4.54. The number of ether oxygens (including phenoxy) is 1. The highest BCUT2D eigenvalue weighted by molar-refractivity contribution is 5.67. The molecule has 0 radical (unpaired) electrons. The topological polar surface area (TPSA) is 80.5 Å². The molecule has 1 N–H and O–H groups in total. The van der Waals surface area contributed by atoms with Crippen molar-refractivity contribution < 1.29 is 13.9 Å². The Labute approximate surface area is 144 Å². The van der Waals surface area contributed by atoms with Crippen molar-refractivity contribution in [2.45, 2.75) is 78.6 Å². The van der Waals surface area contributed by atoms with Crippen LogP contribution >= 0.6 is 0 Å². The second-order valence-corrected chi connectivity index (χ2v) is 7.72. The van der Waals surface area contributed by atoms with Gasteiger partial charge < -0.3 is 14.5 Å². The minimum Gasteiger partial charge on any atom is -0.444 e. The minimum atomic E-state index is -0.487. The summed E-state index contributed by atoms with van der Waals surface area (Å²) >= 11 is 0. The smallest absolute Gasteiger partial charge is 0.407 e. The highest BCUT2D eigenvalue weighted by atomic mass is 16.6. The van der Waals surface area contributed by atoms with Crippen molar-refractivity contribution in [3.05, 3.63) is 11.8 Å². The van der Waals surface area contributed by atoms with Crippen LogP contribution in [0.1, 0.15) is 59.2 Å². The monoisotopic (exact) mass is 338 g/mol. The van der Waals surface area contributed by atoms with Crippen molar-refractivity contribution in [1.82, 2.24) is 20.4 Å². The summed E-state index contributed by atoms with van der Waals surface area (Å²) in [6, 6.07) is 0.618. The van der Waals surface area contributed by atoms with Crippen LogP contribution in [0.5, 0.6) is 0 Å². The molecule has 1 aromatic heterocycles. The maximum absolute atomic E-state index is 11.9. The van der Waals surface area contributed by atoms with E-state index in [0.29, 0.717) is 36.8 Å². The van der Waals surface area contributed by atoms with Gasteiger partial charge in [-0.2, -0.15) is 0 Å². The van der Waals surface area contributed by atoms with Crippen molar-refractivity contribution in [2.75, 3.05) is 6.54 Å². The molecule has 0 aliphatic carbocycles.